The number of nitrogens with one attached hydrogen (secondary N) is 1. The van der Waals surface area contributed by atoms with Crippen LogP contribution in [0.25, 0.3) is 0 Å². The number of nitrogen functional groups attached to an aromatic ring is 1. The number of hydrogen-bond donors (Lipinski definition) is 2. The Balaban J connectivity index is 1.70. The summed E-state index contributed by atoms with van der Waals surface area (Å²) in [4.78, 5) is 26.2. The van der Waals surface area contributed by atoms with E-state index in [9.17, 15) is 9.18 Å². The number of thiophene rings is 1. The second-order valence-corrected chi connectivity index (χ2v) is 6.93. The number of carbonyl (C=O) groups excluding carboxylic acids is 1. The molecular formula is C17H16FN5O2S. The molecule has 0 amide bonds. The van der Waals surface area contributed by atoms with Crippen LogP contribution in [0.2, 0.25) is 0 Å². The summed E-state index contributed by atoms with van der Waals surface area (Å²) < 4.78 is 18.2. The molecule has 0 radical (unpaired) electrons. The average molecular weight is 373 g/mol. The third-order valence-electron chi connectivity index (χ3n) is 3.39. The van der Waals surface area contributed by atoms with E-state index in [2.05, 4.69) is 20.3 Å². The first-order valence-electron chi connectivity index (χ1n) is 7.68. The van der Waals surface area contributed by atoms with Crippen molar-refractivity contribution in [3.8, 4) is 0 Å². The minimum atomic E-state index is -0.445. The van der Waals surface area contributed by atoms with Gasteiger partial charge in [0.15, 0.2) is 12.4 Å². The van der Waals surface area contributed by atoms with Crippen LogP contribution in [0.5, 0.6) is 0 Å². The summed E-state index contributed by atoms with van der Waals surface area (Å²) in [6, 6.07) is 7.47. The van der Waals surface area contributed by atoms with E-state index in [1.807, 2.05) is 13.8 Å². The van der Waals surface area contributed by atoms with E-state index < -0.39 is 5.97 Å². The highest BCUT2D eigenvalue weighted by Crippen LogP contribution is 2.21. The minimum absolute atomic E-state index is 0.0155. The van der Waals surface area contributed by atoms with E-state index in [-0.39, 0.29) is 30.1 Å². The number of aromatic nitrogens is 3. The van der Waals surface area contributed by atoms with Crippen molar-refractivity contribution in [1.29, 1.82) is 0 Å². The zero-order valence-corrected chi connectivity index (χ0v) is 14.9. The van der Waals surface area contributed by atoms with Gasteiger partial charge >= 0.3 is 5.97 Å². The van der Waals surface area contributed by atoms with Gasteiger partial charge in [0, 0.05) is 15.4 Å². The quantitative estimate of drug-likeness (QED) is 0.661. The van der Waals surface area contributed by atoms with E-state index >= 15 is 0 Å². The second kappa shape index (κ2) is 7.44. The van der Waals surface area contributed by atoms with Crippen molar-refractivity contribution in [3.63, 3.8) is 0 Å². The van der Waals surface area contributed by atoms with Gasteiger partial charge in [0.2, 0.25) is 11.9 Å². The number of nitrogens with two attached hydrogens (primary N) is 1. The molecule has 0 spiro atoms. The zero-order chi connectivity index (χ0) is 18.7. The summed E-state index contributed by atoms with van der Waals surface area (Å²) in [5.74, 6) is -0.424. The van der Waals surface area contributed by atoms with Gasteiger partial charge in [-0.25, -0.2) is 9.18 Å². The van der Waals surface area contributed by atoms with Gasteiger partial charge in [0.1, 0.15) is 5.82 Å². The van der Waals surface area contributed by atoms with Gasteiger partial charge in [-0.15, -0.1) is 11.3 Å². The van der Waals surface area contributed by atoms with Gasteiger partial charge in [-0.05, 0) is 44.2 Å². The minimum Gasteiger partial charge on any atom is -0.454 e. The smallest absolute Gasteiger partial charge is 0.339 e. The first-order chi connectivity index (χ1) is 12.4. The van der Waals surface area contributed by atoms with Crippen molar-refractivity contribution in [2.45, 2.75) is 20.5 Å². The Morgan fingerprint density at radius 3 is 2.62 bits per heavy atom. The molecule has 0 aliphatic rings. The molecule has 0 saturated heterocycles. The molecule has 3 N–H and O–H groups in total. The molecule has 134 valence electrons. The number of benzene rings is 1. The van der Waals surface area contributed by atoms with Crippen LogP contribution in [0.4, 0.5) is 22.0 Å². The lowest BCUT2D eigenvalue weighted by atomic mass is 10.2. The fraction of sp³-hybridized carbons (Fsp3) is 0.176. The van der Waals surface area contributed by atoms with Crippen molar-refractivity contribution in [1.82, 2.24) is 15.0 Å². The van der Waals surface area contributed by atoms with Gasteiger partial charge in [-0.3, -0.25) is 0 Å². The first kappa shape index (κ1) is 17.7. The first-order valence-corrected chi connectivity index (χ1v) is 8.49. The topological polar surface area (TPSA) is 103 Å². The Labute approximate surface area is 153 Å². The van der Waals surface area contributed by atoms with Crippen LogP contribution >= 0.6 is 11.3 Å². The molecule has 9 heteroatoms. The molecule has 1 aromatic carbocycles. The number of ether oxygens (including phenoxy) is 1. The number of rotatable bonds is 5. The van der Waals surface area contributed by atoms with Crippen molar-refractivity contribution in [2.75, 3.05) is 11.1 Å². The van der Waals surface area contributed by atoms with Gasteiger partial charge in [0.05, 0.1) is 5.56 Å². The predicted molar refractivity (Wildman–Crippen MR) is 96.8 cm³/mol. The van der Waals surface area contributed by atoms with E-state index in [0.717, 1.165) is 9.75 Å². The summed E-state index contributed by atoms with van der Waals surface area (Å²) in [5, 5.41) is 2.90. The highest BCUT2D eigenvalue weighted by atomic mass is 32.1. The zero-order valence-electron chi connectivity index (χ0n) is 14.1. The molecule has 0 aliphatic heterocycles. The predicted octanol–water partition coefficient (Wildman–Crippen LogP) is 3.37. The summed E-state index contributed by atoms with van der Waals surface area (Å²) in [5.41, 5.74) is 6.80. The Morgan fingerprint density at radius 2 is 1.96 bits per heavy atom. The third-order valence-corrected chi connectivity index (χ3v) is 4.36. The Morgan fingerprint density at radius 1 is 1.23 bits per heavy atom. The highest BCUT2D eigenvalue weighted by Gasteiger charge is 2.15. The molecule has 3 rings (SSSR count). The molecule has 0 atom stereocenters. The molecule has 0 fully saturated rings. The van der Waals surface area contributed by atoms with E-state index in [1.54, 1.807) is 6.07 Å². The second-order valence-electron chi connectivity index (χ2n) is 5.47. The van der Waals surface area contributed by atoms with Crippen LogP contribution in [0.15, 0.2) is 30.3 Å². The summed E-state index contributed by atoms with van der Waals surface area (Å²) >= 11 is 1.53. The van der Waals surface area contributed by atoms with Crippen LogP contribution in [0.3, 0.4) is 0 Å². The number of hydrogen-bond acceptors (Lipinski definition) is 8. The number of anilines is 3. The largest absolute Gasteiger partial charge is 0.454 e. The van der Waals surface area contributed by atoms with E-state index in [4.69, 9.17) is 10.5 Å². The molecule has 0 unspecified atom stereocenters. The summed E-state index contributed by atoms with van der Waals surface area (Å²) in [7, 11) is 0. The monoisotopic (exact) mass is 373 g/mol. The molecule has 2 heterocycles. The number of esters is 1. The number of halogens is 1. The Kier molecular flexibility index (Phi) is 5.08. The SMILES string of the molecule is Cc1cc(C(=O)OCc2nc(N)nc(Nc3ccc(F)cc3)n2)c(C)s1. The van der Waals surface area contributed by atoms with Crippen molar-refractivity contribution in [2.24, 2.45) is 0 Å². The van der Waals surface area contributed by atoms with Gasteiger partial charge in [0.25, 0.3) is 0 Å². The molecular weight excluding hydrogens is 357 g/mol. The molecule has 26 heavy (non-hydrogen) atoms. The van der Waals surface area contributed by atoms with Gasteiger partial charge in [-0.1, -0.05) is 0 Å². The average Bonchev–Trinajstić information content (AvgIpc) is 2.93. The lowest BCUT2D eigenvalue weighted by Crippen LogP contribution is -2.11. The van der Waals surface area contributed by atoms with E-state index in [0.29, 0.717) is 11.3 Å². The normalized spacial score (nSPS) is 10.6. The molecule has 2 aromatic heterocycles. The van der Waals surface area contributed by atoms with E-state index in [1.165, 1.54) is 35.6 Å². The fourth-order valence-corrected chi connectivity index (χ4v) is 3.17. The van der Waals surface area contributed by atoms with Crippen molar-refractivity contribution in [3.05, 3.63) is 57.3 Å². The molecule has 0 aliphatic carbocycles. The molecule has 3 aromatic rings. The van der Waals surface area contributed by atoms with Crippen LogP contribution in [-0.4, -0.2) is 20.9 Å². The number of carbonyl (C=O) groups is 1. The van der Waals surface area contributed by atoms with Crippen LogP contribution in [-0.2, 0) is 11.3 Å². The highest BCUT2D eigenvalue weighted by molar-refractivity contribution is 7.12. The molecule has 0 saturated carbocycles. The standard InChI is InChI=1S/C17H16FN5O2S/c1-9-7-13(10(2)26-9)15(24)25-8-14-21-16(19)23-17(22-14)20-12-5-3-11(18)4-6-12/h3-7H,8H2,1-2H3,(H3,19,20,21,22,23). The maximum absolute atomic E-state index is 13.0. The summed E-state index contributed by atoms with van der Waals surface area (Å²) in [6.07, 6.45) is 0. The van der Waals surface area contributed by atoms with Gasteiger partial charge in [-0.2, -0.15) is 15.0 Å². The Hall–Kier alpha value is -3.07. The number of nitrogens with zero attached hydrogens (tertiary/aromatic N) is 3. The number of aryl methyl sites for hydroxylation is 2. The van der Waals surface area contributed by atoms with Crippen LogP contribution < -0.4 is 11.1 Å². The third kappa shape index (κ3) is 4.31. The molecule has 0 bridgehead atoms. The van der Waals surface area contributed by atoms with Crippen LogP contribution in [0.1, 0.15) is 25.9 Å². The van der Waals surface area contributed by atoms with Crippen molar-refractivity contribution >= 4 is 34.9 Å². The summed E-state index contributed by atoms with van der Waals surface area (Å²) in [6.45, 7) is 3.65. The lowest BCUT2D eigenvalue weighted by molar-refractivity contribution is 0.0462. The van der Waals surface area contributed by atoms with Crippen LogP contribution in [0, 0.1) is 19.7 Å². The maximum Gasteiger partial charge on any atom is 0.339 e. The fourth-order valence-electron chi connectivity index (χ4n) is 2.26. The maximum atomic E-state index is 13.0. The molecule has 7 nitrogen and oxygen atoms in total. The lowest BCUT2D eigenvalue weighted by Gasteiger charge is -2.08. The Bertz CT molecular complexity index is 943. The van der Waals surface area contributed by atoms with Gasteiger partial charge < -0.3 is 15.8 Å². The van der Waals surface area contributed by atoms with Crippen molar-refractivity contribution < 1.29 is 13.9 Å².